The van der Waals surface area contributed by atoms with Crippen LogP contribution < -0.4 is 5.73 Å². The van der Waals surface area contributed by atoms with Crippen molar-refractivity contribution in [1.82, 2.24) is 0 Å². The van der Waals surface area contributed by atoms with Crippen molar-refractivity contribution < 1.29 is 8.78 Å². The Kier molecular flexibility index (Phi) is 3.04. The second-order valence-electron chi connectivity index (χ2n) is 3.89. The fourth-order valence-corrected chi connectivity index (χ4v) is 1.84. The molecule has 1 nitrogen and oxygen atoms in total. The quantitative estimate of drug-likeness (QED) is 0.689. The number of hydrogen-bond acceptors (Lipinski definition) is 1. The topological polar surface area (TPSA) is 26.0 Å². The molecule has 0 bridgehead atoms. The summed E-state index contributed by atoms with van der Waals surface area (Å²) in [6.45, 7) is 2.11. The molecular formula is C9H17F2N. The monoisotopic (exact) mass is 177 g/mol. The molecule has 0 aromatic carbocycles. The summed E-state index contributed by atoms with van der Waals surface area (Å²) in [5.74, 6) is 0.625. The van der Waals surface area contributed by atoms with E-state index in [1.54, 1.807) is 0 Å². The molecule has 0 radical (unpaired) electrons. The smallest absolute Gasteiger partial charge is 0.256 e. The van der Waals surface area contributed by atoms with Gasteiger partial charge in [-0.2, -0.15) is 0 Å². The highest BCUT2D eigenvalue weighted by Crippen LogP contribution is 2.35. The third kappa shape index (κ3) is 1.94. The summed E-state index contributed by atoms with van der Waals surface area (Å²) >= 11 is 0. The van der Waals surface area contributed by atoms with Crippen molar-refractivity contribution in [3.63, 3.8) is 0 Å². The van der Waals surface area contributed by atoms with Gasteiger partial charge in [-0.15, -0.1) is 0 Å². The second kappa shape index (κ2) is 3.69. The minimum atomic E-state index is -2.35. The molecule has 0 unspecified atom stereocenters. The average Bonchev–Trinajstić information content (AvgIpc) is 2.06. The van der Waals surface area contributed by atoms with Crippen LogP contribution in [0.15, 0.2) is 0 Å². The minimum absolute atomic E-state index is 0.489. The largest absolute Gasteiger partial charge is 0.320 e. The maximum absolute atomic E-state index is 12.4. The summed E-state index contributed by atoms with van der Waals surface area (Å²) < 4.78 is 24.8. The first-order valence-corrected chi connectivity index (χ1v) is 4.65. The van der Waals surface area contributed by atoms with Crippen LogP contribution in [0.5, 0.6) is 0 Å². The number of nitrogens with two attached hydrogens (primary N) is 1. The van der Waals surface area contributed by atoms with E-state index >= 15 is 0 Å². The van der Waals surface area contributed by atoms with Crippen LogP contribution >= 0.6 is 0 Å². The van der Waals surface area contributed by atoms with Gasteiger partial charge in [-0.1, -0.05) is 13.3 Å². The molecule has 1 aliphatic carbocycles. The van der Waals surface area contributed by atoms with Gasteiger partial charge in [0.15, 0.2) is 0 Å². The molecule has 1 saturated carbocycles. The van der Waals surface area contributed by atoms with Gasteiger partial charge in [-0.25, -0.2) is 8.78 Å². The molecule has 72 valence electrons. The highest BCUT2D eigenvalue weighted by atomic mass is 19.3. The van der Waals surface area contributed by atoms with Crippen molar-refractivity contribution in [3.05, 3.63) is 0 Å². The molecule has 12 heavy (non-hydrogen) atoms. The molecule has 0 aromatic heterocycles. The zero-order chi connectivity index (χ0) is 9.19. The van der Waals surface area contributed by atoms with Crippen molar-refractivity contribution in [2.24, 2.45) is 11.7 Å². The maximum Gasteiger partial charge on any atom is 0.256 e. The maximum atomic E-state index is 12.4. The van der Waals surface area contributed by atoms with Crippen LogP contribution in [0.3, 0.4) is 0 Å². The Bertz CT molecular complexity index is 139. The summed E-state index contributed by atoms with van der Waals surface area (Å²) in [7, 11) is 0. The molecule has 2 N–H and O–H groups in total. The predicted octanol–water partition coefficient (Wildman–Crippen LogP) is 2.55. The molecule has 0 atom stereocenters. The fraction of sp³-hybridized carbons (Fsp3) is 1.00. The molecule has 1 aliphatic rings. The summed E-state index contributed by atoms with van der Waals surface area (Å²) in [6.07, 6.45) is 1.47. The summed E-state index contributed by atoms with van der Waals surface area (Å²) in [4.78, 5) is 0. The summed E-state index contributed by atoms with van der Waals surface area (Å²) in [6, 6.07) is 0. The fourth-order valence-electron chi connectivity index (χ4n) is 1.84. The third-order valence-electron chi connectivity index (χ3n) is 3.05. The Hall–Kier alpha value is -0.180. The van der Waals surface area contributed by atoms with Gasteiger partial charge in [-0.3, -0.25) is 0 Å². The average molecular weight is 177 g/mol. The Balaban J connectivity index is 2.44. The lowest BCUT2D eigenvalue weighted by Gasteiger charge is -2.36. The zero-order valence-corrected chi connectivity index (χ0v) is 7.52. The Morgan fingerprint density at radius 1 is 1.42 bits per heavy atom. The number of halogens is 2. The Morgan fingerprint density at radius 2 is 1.92 bits per heavy atom. The highest BCUT2D eigenvalue weighted by Gasteiger charge is 2.38. The molecule has 0 saturated heterocycles. The molecule has 0 amide bonds. The van der Waals surface area contributed by atoms with Crippen molar-refractivity contribution in [2.45, 2.75) is 51.0 Å². The standard InChI is InChI=1S/C9H17F2N/c1-2-7-3-5-9(12,6-4-7)8(10)11/h7-8H,2-6,12H2,1H3. The van der Waals surface area contributed by atoms with Gasteiger partial charge in [0.05, 0.1) is 5.54 Å². The zero-order valence-electron chi connectivity index (χ0n) is 7.52. The van der Waals surface area contributed by atoms with Crippen molar-refractivity contribution >= 4 is 0 Å². The minimum Gasteiger partial charge on any atom is -0.320 e. The van der Waals surface area contributed by atoms with E-state index in [4.69, 9.17) is 5.73 Å². The molecular weight excluding hydrogens is 160 g/mol. The van der Waals surface area contributed by atoms with Crippen LogP contribution in [0.1, 0.15) is 39.0 Å². The molecule has 1 rings (SSSR count). The van der Waals surface area contributed by atoms with Crippen LogP contribution in [0.25, 0.3) is 0 Å². The van der Waals surface area contributed by atoms with Gasteiger partial charge in [0, 0.05) is 0 Å². The molecule has 0 aromatic rings. The normalized spacial score (nSPS) is 37.2. The van der Waals surface area contributed by atoms with E-state index in [-0.39, 0.29) is 0 Å². The highest BCUT2D eigenvalue weighted by molar-refractivity contribution is 4.91. The number of hydrogen-bond donors (Lipinski definition) is 1. The van der Waals surface area contributed by atoms with Gasteiger partial charge >= 0.3 is 0 Å². The van der Waals surface area contributed by atoms with E-state index < -0.39 is 12.0 Å². The van der Waals surface area contributed by atoms with Crippen molar-refractivity contribution in [2.75, 3.05) is 0 Å². The van der Waals surface area contributed by atoms with Crippen LogP contribution in [0.4, 0.5) is 8.78 Å². The number of alkyl halides is 2. The lowest BCUT2D eigenvalue weighted by atomic mass is 9.76. The number of rotatable bonds is 2. The molecule has 0 heterocycles. The van der Waals surface area contributed by atoms with Gasteiger partial charge in [0.1, 0.15) is 0 Å². The van der Waals surface area contributed by atoms with Crippen LogP contribution in [-0.2, 0) is 0 Å². The molecule has 0 aliphatic heterocycles. The van der Waals surface area contributed by atoms with Crippen molar-refractivity contribution in [3.8, 4) is 0 Å². The molecule has 0 spiro atoms. The van der Waals surface area contributed by atoms with Crippen LogP contribution in [0, 0.1) is 5.92 Å². The Labute approximate surface area is 72.3 Å². The SMILES string of the molecule is CCC1CCC(N)(C(F)F)CC1. The molecule has 1 fully saturated rings. The first-order chi connectivity index (χ1) is 5.58. The second-order valence-corrected chi connectivity index (χ2v) is 3.89. The van der Waals surface area contributed by atoms with Crippen LogP contribution in [-0.4, -0.2) is 12.0 Å². The third-order valence-corrected chi connectivity index (χ3v) is 3.05. The predicted molar refractivity (Wildman–Crippen MR) is 45.2 cm³/mol. The lowest BCUT2D eigenvalue weighted by molar-refractivity contribution is 0.0217. The van der Waals surface area contributed by atoms with E-state index in [0.717, 1.165) is 19.3 Å². The Morgan fingerprint density at radius 3 is 2.25 bits per heavy atom. The van der Waals surface area contributed by atoms with E-state index in [1.165, 1.54) is 0 Å². The van der Waals surface area contributed by atoms with E-state index in [2.05, 4.69) is 6.92 Å². The first-order valence-electron chi connectivity index (χ1n) is 4.65. The van der Waals surface area contributed by atoms with Crippen LogP contribution in [0.2, 0.25) is 0 Å². The van der Waals surface area contributed by atoms with E-state index in [1.807, 2.05) is 0 Å². The van der Waals surface area contributed by atoms with E-state index in [9.17, 15) is 8.78 Å². The lowest BCUT2D eigenvalue weighted by Crippen LogP contribution is -2.49. The van der Waals surface area contributed by atoms with Gasteiger partial charge in [-0.05, 0) is 31.6 Å². The molecule has 3 heteroatoms. The summed E-state index contributed by atoms with van der Waals surface area (Å²) in [5, 5.41) is 0. The van der Waals surface area contributed by atoms with Crippen molar-refractivity contribution in [1.29, 1.82) is 0 Å². The van der Waals surface area contributed by atoms with E-state index in [0.29, 0.717) is 18.8 Å². The van der Waals surface area contributed by atoms with Gasteiger partial charge in [0.2, 0.25) is 0 Å². The van der Waals surface area contributed by atoms with Gasteiger partial charge in [0.25, 0.3) is 6.43 Å². The summed E-state index contributed by atoms with van der Waals surface area (Å²) in [5.41, 5.74) is 4.39. The first kappa shape index (κ1) is 9.90. The van der Waals surface area contributed by atoms with Gasteiger partial charge < -0.3 is 5.73 Å².